The van der Waals surface area contributed by atoms with Crippen LogP contribution in [0.15, 0.2) is 40.2 Å². The van der Waals surface area contributed by atoms with Crippen molar-refractivity contribution in [2.75, 3.05) is 0 Å². The molecule has 2 N–H and O–H groups in total. The number of nitrogens with two attached hydrogens (primary N) is 1. The molecule has 0 radical (unpaired) electrons. The van der Waals surface area contributed by atoms with E-state index in [-0.39, 0.29) is 6.04 Å². The molecule has 0 aliphatic carbocycles. The molecule has 3 aromatic rings. The molecule has 5 heteroatoms. The van der Waals surface area contributed by atoms with Gasteiger partial charge in [0.25, 0.3) is 0 Å². The Labute approximate surface area is 133 Å². The van der Waals surface area contributed by atoms with E-state index in [1.165, 1.54) is 14.3 Å². The molecule has 0 bridgehead atoms. The van der Waals surface area contributed by atoms with Crippen molar-refractivity contribution >= 4 is 59.6 Å². The van der Waals surface area contributed by atoms with Gasteiger partial charge in [-0.15, -0.1) is 22.7 Å². The van der Waals surface area contributed by atoms with Gasteiger partial charge in [-0.25, -0.2) is 0 Å². The lowest BCUT2D eigenvalue weighted by Crippen LogP contribution is -2.12. The van der Waals surface area contributed by atoms with Crippen LogP contribution >= 0.6 is 50.2 Å². The molecule has 19 heavy (non-hydrogen) atoms. The summed E-state index contributed by atoms with van der Waals surface area (Å²) in [5.74, 6) is 0. The first-order valence-corrected chi connectivity index (χ1v) is 8.66. The van der Waals surface area contributed by atoms with E-state index in [0.29, 0.717) is 0 Å². The molecule has 1 atom stereocenters. The van der Waals surface area contributed by atoms with Crippen LogP contribution in [0.4, 0.5) is 0 Å². The average Bonchev–Trinajstić information content (AvgIpc) is 2.93. The summed E-state index contributed by atoms with van der Waals surface area (Å²) in [6.45, 7) is 0. The van der Waals surface area contributed by atoms with E-state index in [1.807, 2.05) is 18.2 Å². The SMILES string of the molecule is NC(Cc1ccc(Br)cc1Cl)c1cc2sccc2s1. The van der Waals surface area contributed by atoms with Crippen LogP contribution < -0.4 is 5.73 Å². The quantitative estimate of drug-likeness (QED) is 0.634. The molecule has 0 saturated heterocycles. The zero-order chi connectivity index (χ0) is 13.4. The minimum absolute atomic E-state index is 0.00303. The number of hydrogen-bond donors (Lipinski definition) is 1. The third kappa shape index (κ3) is 2.88. The first-order valence-electron chi connectivity index (χ1n) is 5.80. The fourth-order valence-electron chi connectivity index (χ4n) is 1.99. The van der Waals surface area contributed by atoms with Crippen molar-refractivity contribution in [3.05, 3.63) is 55.6 Å². The molecule has 1 aromatic carbocycles. The van der Waals surface area contributed by atoms with Gasteiger partial charge in [-0.3, -0.25) is 0 Å². The maximum atomic E-state index is 6.30. The predicted molar refractivity (Wildman–Crippen MR) is 89.5 cm³/mol. The zero-order valence-corrected chi connectivity index (χ0v) is 13.9. The Balaban J connectivity index is 1.84. The number of halogens is 2. The number of rotatable bonds is 3. The van der Waals surface area contributed by atoms with Crippen LogP contribution in [0, 0.1) is 0 Å². The minimum atomic E-state index is 0.00303. The maximum Gasteiger partial charge on any atom is 0.0454 e. The first kappa shape index (κ1) is 13.6. The standard InChI is InChI=1S/C14H11BrClNS2/c15-9-2-1-8(10(16)6-9)5-11(17)13-7-14-12(19-13)3-4-18-14/h1-4,6-7,11H,5,17H2. The van der Waals surface area contributed by atoms with Gasteiger partial charge in [0.2, 0.25) is 0 Å². The fourth-order valence-corrected chi connectivity index (χ4v) is 4.86. The van der Waals surface area contributed by atoms with E-state index in [4.69, 9.17) is 17.3 Å². The summed E-state index contributed by atoms with van der Waals surface area (Å²) in [5.41, 5.74) is 7.39. The van der Waals surface area contributed by atoms with Crippen LogP contribution in [0.2, 0.25) is 5.02 Å². The van der Waals surface area contributed by atoms with Crippen molar-refractivity contribution in [1.29, 1.82) is 0 Å². The summed E-state index contributed by atoms with van der Waals surface area (Å²) < 4.78 is 3.63. The van der Waals surface area contributed by atoms with Gasteiger partial charge < -0.3 is 5.73 Å². The Hall–Kier alpha value is -0.390. The normalized spacial score (nSPS) is 13.0. The highest BCUT2D eigenvalue weighted by Crippen LogP contribution is 2.34. The maximum absolute atomic E-state index is 6.30. The molecular formula is C14H11BrClNS2. The summed E-state index contributed by atoms with van der Waals surface area (Å²) in [6.07, 6.45) is 0.764. The van der Waals surface area contributed by atoms with Gasteiger partial charge in [-0.2, -0.15) is 0 Å². The van der Waals surface area contributed by atoms with E-state index in [1.54, 1.807) is 22.7 Å². The Kier molecular flexibility index (Phi) is 3.96. The van der Waals surface area contributed by atoms with Crippen molar-refractivity contribution in [3.63, 3.8) is 0 Å². The molecule has 98 valence electrons. The molecule has 0 fully saturated rings. The molecular weight excluding hydrogens is 362 g/mol. The fraction of sp³-hybridized carbons (Fsp3) is 0.143. The Bertz CT molecular complexity index is 691. The van der Waals surface area contributed by atoms with E-state index >= 15 is 0 Å². The number of hydrogen-bond acceptors (Lipinski definition) is 3. The minimum Gasteiger partial charge on any atom is -0.323 e. The number of thiophene rings is 2. The molecule has 2 aromatic heterocycles. The van der Waals surface area contributed by atoms with Gasteiger partial charge in [0.1, 0.15) is 0 Å². The van der Waals surface area contributed by atoms with Gasteiger partial charge >= 0.3 is 0 Å². The van der Waals surface area contributed by atoms with Gasteiger partial charge in [0, 0.05) is 29.8 Å². The molecule has 0 spiro atoms. The second-order valence-corrected chi connectivity index (χ2v) is 7.73. The lowest BCUT2D eigenvalue weighted by molar-refractivity contribution is 0.737. The van der Waals surface area contributed by atoms with Crippen LogP contribution in [0.25, 0.3) is 9.40 Å². The van der Waals surface area contributed by atoms with Gasteiger partial charge in [-0.1, -0.05) is 33.6 Å². The highest BCUT2D eigenvalue weighted by Gasteiger charge is 2.13. The average molecular weight is 373 g/mol. The van der Waals surface area contributed by atoms with E-state index in [9.17, 15) is 0 Å². The van der Waals surface area contributed by atoms with Crippen molar-refractivity contribution in [1.82, 2.24) is 0 Å². The second-order valence-electron chi connectivity index (χ2n) is 4.34. The van der Waals surface area contributed by atoms with Gasteiger partial charge in [0.15, 0.2) is 0 Å². The highest BCUT2D eigenvalue weighted by atomic mass is 79.9. The monoisotopic (exact) mass is 371 g/mol. The van der Waals surface area contributed by atoms with E-state index in [2.05, 4.69) is 33.4 Å². The Morgan fingerprint density at radius 2 is 2.05 bits per heavy atom. The summed E-state index contributed by atoms with van der Waals surface area (Å²) in [5, 5.41) is 2.88. The molecule has 0 aliphatic rings. The van der Waals surface area contributed by atoms with Crippen LogP contribution in [-0.4, -0.2) is 0 Å². The van der Waals surface area contributed by atoms with Gasteiger partial charge in [0.05, 0.1) is 0 Å². The van der Waals surface area contributed by atoms with Crippen molar-refractivity contribution < 1.29 is 0 Å². The lowest BCUT2D eigenvalue weighted by atomic mass is 10.1. The number of fused-ring (bicyclic) bond motifs is 1. The van der Waals surface area contributed by atoms with Crippen molar-refractivity contribution in [3.8, 4) is 0 Å². The molecule has 1 nitrogen and oxygen atoms in total. The summed E-state index contributed by atoms with van der Waals surface area (Å²) >= 11 is 13.2. The van der Waals surface area contributed by atoms with Crippen molar-refractivity contribution in [2.45, 2.75) is 12.5 Å². The Morgan fingerprint density at radius 1 is 1.21 bits per heavy atom. The molecule has 2 heterocycles. The first-order chi connectivity index (χ1) is 9.13. The van der Waals surface area contributed by atoms with E-state index < -0.39 is 0 Å². The topological polar surface area (TPSA) is 26.0 Å². The van der Waals surface area contributed by atoms with Crippen LogP contribution in [0.3, 0.4) is 0 Å². The largest absolute Gasteiger partial charge is 0.323 e. The highest BCUT2D eigenvalue weighted by molar-refractivity contribution is 9.10. The van der Waals surface area contributed by atoms with Crippen LogP contribution in [-0.2, 0) is 6.42 Å². The Morgan fingerprint density at radius 3 is 2.79 bits per heavy atom. The van der Waals surface area contributed by atoms with Crippen LogP contribution in [0.1, 0.15) is 16.5 Å². The summed E-state index contributed by atoms with van der Waals surface area (Å²) in [6, 6.07) is 10.3. The molecule has 0 aliphatic heterocycles. The van der Waals surface area contributed by atoms with Gasteiger partial charge in [-0.05, 0) is 41.6 Å². The summed E-state index contributed by atoms with van der Waals surface area (Å²) in [4.78, 5) is 1.22. The molecule has 0 amide bonds. The molecule has 1 unspecified atom stereocenters. The van der Waals surface area contributed by atoms with Crippen LogP contribution in [0.5, 0.6) is 0 Å². The third-order valence-electron chi connectivity index (χ3n) is 2.98. The zero-order valence-electron chi connectivity index (χ0n) is 9.90. The van der Waals surface area contributed by atoms with E-state index in [0.717, 1.165) is 21.5 Å². The smallest absolute Gasteiger partial charge is 0.0454 e. The molecule has 3 rings (SSSR count). The lowest BCUT2D eigenvalue weighted by Gasteiger charge is -2.11. The predicted octanol–water partition coefficient (Wildman–Crippen LogP) is 5.62. The van der Waals surface area contributed by atoms with Crippen molar-refractivity contribution in [2.24, 2.45) is 5.73 Å². The molecule has 0 saturated carbocycles. The summed E-state index contributed by atoms with van der Waals surface area (Å²) in [7, 11) is 0. The second kappa shape index (κ2) is 5.54. The third-order valence-corrected chi connectivity index (χ3v) is 6.05. The number of benzene rings is 1.